The zero-order chi connectivity index (χ0) is 4.50. The Hall–Kier alpha value is 1.19. The van der Waals surface area contributed by atoms with Crippen molar-refractivity contribution in [3.05, 3.63) is 0 Å². The van der Waals surface area contributed by atoms with Gasteiger partial charge in [0.25, 0.3) is 0 Å². The Kier molecular flexibility index (Phi) is 12.0. The summed E-state index contributed by atoms with van der Waals surface area (Å²) in [7, 11) is 0. The van der Waals surface area contributed by atoms with Crippen LogP contribution in [0.4, 0.5) is 0 Å². The SMILES string of the molecule is [O]=[Cr](=[O])([O-])[O-].[Pb+2].[SiH4]. The summed E-state index contributed by atoms with van der Waals surface area (Å²) in [5.41, 5.74) is 0. The predicted molar refractivity (Wildman–Crippen MR) is 18.5 cm³/mol. The van der Waals surface area contributed by atoms with Crippen molar-refractivity contribution >= 4 is 38.3 Å². The Labute approximate surface area is 67.5 Å². The average molecular weight is 355 g/mol. The molecule has 0 aliphatic heterocycles. The summed E-state index contributed by atoms with van der Waals surface area (Å²) < 4.78 is 34.4. The van der Waals surface area contributed by atoms with Crippen LogP contribution >= 0.6 is 0 Å². The van der Waals surface area contributed by atoms with Gasteiger partial charge in [-0.3, -0.25) is 0 Å². The van der Waals surface area contributed by atoms with Gasteiger partial charge in [-0.2, -0.15) is 0 Å². The van der Waals surface area contributed by atoms with Gasteiger partial charge in [-0.05, 0) is 11.0 Å². The minimum Gasteiger partial charge on any atom is -0.0149 e. The van der Waals surface area contributed by atoms with Gasteiger partial charge in [-0.1, -0.05) is 0 Å². The van der Waals surface area contributed by atoms with Gasteiger partial charge in [-0.15, -0.1) is 0 Å². The van der Waals surface area contributed by atoms with Crippen LogP contribution in [-0.2, 0) is 21.2 Å². The molecule has 0 heterocycles. The maximum Gasteiger partial charge on any atom is 2.00 e. The van der Waals surface area contributed by atoms with E-state index in [2.05, 4.69) is 0 Å². The summed E-state index contributed by atoms with van der Waals surface area (Å²) in [6.07, 6.45) is 0. The smallest absolute Gasteiger partial charge is 0.0149 e. The van der Waals surface area contributed by atoms with Gasteiger partial charge in [0.15, 0.2) is 0 Å². The van der Waals surface area contributed by atoms with E-state index in [0.717, 1.165) is 0 Å². The van der Waals surface area contributed by atoms with Crippen LogP contribution in [0.2, 0.25) is 0 Å². The van der Waals surface area contributed by atoms with E-state index < -0.39 is 13.6 Å². The van der Waals surface area contributed by atoms with Crippen molar-refractivity contribution in [2.24, 2.45) is 0 Å². The van der Waals surface area contributed by atoms with Crippen LogP contribution in [0.1, 0.15) is 0 Å². The van der Waals surface area contributed by atoms with Crippen LogP contribution in [0.15, 0.2) is 0 Å². The third kappa shape index (κ3) is 137. The fourth-order valence-corrected chi connectivity index (χ4v) is 0. The van der Waals surface area contributed by atoms with Crippen LogP contribution in [0, 0.1) is 0 Å². The molecule has 2 radical (unpaired) electrons. The van der Waals surface area contributed by atoms with Crippen LogP contribution in [0.3, 0.4) is 0 Å². The topological polar surface area (TPSA) is 80.3 Å². The standard InChI is InChI=1S/Cr.4O.Pb.H4Si/h;;;;;;1H4/q;;;2*-1;+2;. The van der Waals surface area contributed by atoms with Crippen molar-refractivity contribution in [2.45, 2.75) is 0 Å². The second-order valence-electron chi connectivity index (χ2n) is 0.408. The minimum absolute atomic E-state index is 0. The predicted octanol–water partition coefficient (Wildman–Crippen LogP) is -4.45. The monoisotopic (exact) mass is 356 g/mol. The van der Waals surface area contributed by atoms with Crippen molar-refractivity contribution < 1.29 is 29.5 Å². The van der Waals surface area contributed by atoms with Crippen molar-refractivity contribution in [3.63, 3.8) is 0 Å². The maximum absolute atomic E-state index is 8.59. The summed E-state index contributed by atoms with van der Waals surface area (Å²) in [4.78, 5) is 0. The minimum atomic E-state index is -5.75. The van der Waals surface area contributed by atoms with Gasteiger partial charge >= 0.3 is 56.8 Å². The first kappa shape index (κ1) is 15.7. The quantitative estimate of drug-likeness (QED) is 0.411. The Bertz CT molecular complexity index is 94.9. The second-order valence-corrected chi connectivity index (χ2v) is 1.68. The summed E-state index contributed by atoms with van der Waals surface area (Å²) >= 11 is -5.75. The molecule has 0 aromatic carbocycles. The molecule has 0 amide bonds. The van der Waals surface area contributed by atoms with E-state index in [1.807, 2.05) is 0 Å². The second kappa shape index (κ2) is 5.33. The van der Waals surface area contributed by atoms with E-state index in [1.54, 1.807) is 0 Å². The molecule has 0 bridgehead atoms. The van der Waals surface area contributed by atoms with E-state index in [1.165, 1.54) is 0 Å². The molecule has 7 heavy (non-hydrogen) atoms. The largest absolute Gasteiger partial charge is 2.00 e. The van der Waals surface area contributed by atoms with Gasteiger partial charge in [0.1, 0.15) is 0 Å². The molecule has 0 unspecified atom stereocenters. The molecule has 0 fully saturated rings. The van der Waals surface area contributed by atoms with E-state index >= 15 is 0 Å². The van der Waals surface area contributed by atoms with Gasteiger partial charge in [0, 0.05) is 0 Å². The Balaban J connectivity index is -0.0000000800. The molecule has 0 atom stereocenters. The van der Waals surface area contributed by atoms with Crippen molar-refractivity contribution in [1.82, 2.24) is 0 Å². The zero-order valence-corrected chi connectivity index (χ0v) is 7.70. The fourth-order valence-electron chi connectivity index (χ4n) is 0. The van der Waals surface area contributed by atoms with Gasteiger partial charge in [0.2, 0.25) is 0 Å². The maximum atomic E-state index is 8.59. The molecule has 4 nitrogen and oxygen atoms in total. The molecule has 0 spiro atoms. The normalized spacial score (nSPS) is 8.29. The molecule has 42 valence electrons. The third-order valence-corrected chi connectivity index (χ3v) is 0. The molecule has 0 saturated heterocycles. The van der Waals surface area contributed by atoms with Gasteiger partial charge in [0.05, 0.1) is 0 Å². The van der Waals surface area contributed by atoms with Crippen LogP contribution in [0.25, 0.3) is 0 Å². The molecule has 0 saturated carbocycles. The Morgan fingerprint density at radius 3 is 1.14 bits per heavy atom. The molecule has 0 aromatic rings. The summed E-state index contributed by atoms with van der Waals surface area (Å²) in [5.74, 6) is 0. The average Bonchev–Trinajstić information content (AvgIpc) is 0.722. The third-order valence-electron chi connectivity index (χ3n) is 0. The van der Waals surface area contributed by atoms with E-state index in [4.69, 9.17) is 15.9 Å². The molecule has 0 N–H and O–H groups in total. The van der Waals surface area contributed by atoms with Crippen LogP contribution < -0.4 is 8.32 Å². The van der Waals surface area contributed by atoms with Crippen molar-refractivity contribution in [1.29, 1.82) is 0 Å². The first-order valence-corrected chi connectivity index (χ1v) is 2.75. The Morgan fingerprint density at radius 2 is 1.14 bits per heavy atom. The van der Waals surface area contributed by atoms with Crippen molar-refractivity contribution in [2.75, 3.05) is 0 Å². The van der Waals surface area contributed by atoms with E-state index in [-0.39, 0.29) is 38.3 Å². The first-order valence-electron chi connectivity index (χ1n) is 0.667. The summed E-state index contributed by atoms with van der Waals surface area (Å²) in [5, 5.41) is 0. The van der Waals surface area contributed by atoms with Gasteiger partial charge < -0.3 is 0 Å². The molecule has 7 heteroatoms. The number of hydrogen-bond donors (Lipinski definition) is 0. The molecule has 0 aromatic heterocycles. The van der Waals surface area contributed by atoms with Crippen LogP contribution in [0.5, 0.6) is 0 Å². The molecule has 0 aliphatic rings. The van der Waals surface area contributed by atoms with E-state index in [0.29, 0.717) is 0 Å². The van der Waals surface area contributed by atoms with E-state index in [9.17, 15) is 0 Å². The van der Waals surface area contributed by atoms with Gasteiger partial charge in [-0.25, -0.2) is 0 Å². The van der Waals surface area contributed by atoms with Crippen LogP contribution in [-0.4, -0.2) is 38.3 Å². The zero-order valence-electron chi connectivity index (χ0n) is 2.54. The fraction of sp³-hybridized carbons (Fsp3) is 0. The summed E-state index contributed by atoms with van der Waals surface area (Å²) in [6, 6.07) is 0. The molecule has 0 rings (SSSR count). The number of hydrogen-bond acceptors (Lipinski definition) is 4. The molecular weight excluding hydrogens is 351 g/mol. The molecule has 0 aliphatic carbocycles. The summed E-state index contributed by atoms with van der Waals surface area (Å²) in [6.45, 7) is 0. The number of rotatable bonds is 0. The van der Waals surface area contributed by atoms with Crippen molar-refractivity contribution in [3.8, 4) is 0 Å². The molecular formula is H4CrO4PbSi. The first-order chi connectivity index (χ1) is 2.00. The Morgan fingerprint density at radius 1 is 1.14 bits per heavy atom.